The Morgan fingerprint density at radius 3 is 2.75 bits per heavy atom. The molecule has 2 nitrogen and oxygen atoms in total. The third-order valence-electron chi connectivity index (χ3n) is 4.45. The van der Waals surface area contributed by atoms with E-state index in [2.05, 4.69) is 38.2 Å². The monoisotopic (exact) mass is 295 g/mol. The highest BCUT2D eigenvalue weighted by atomic mass is 32.1. The van der Waals surface area contributed by atoms with Gasteiger partial charge in [0.25, 0.3) is 0 Å². The number of hydrogen-bond donors (Lipinski definition) is 1. The summed E-state index contributed by atoms with van der Waals surface area (Å²) in [6.45, 7) is 9.83. The first-order chi connectivity index (χ1) is 9.69. The van der Waals surface area contributed by atoms with Gasteiger partial charge in [0.15, 0.2) is 0 Å². The van der Waals surface area contributed by atoms with Gasteiger partial charge in [0.05, 0.1) is 12.7 Å². The van der Waals surface area contributed by atoms with Crippen molar-refractivity contribution < 1.29 is 4.74 Å². The molecule has 1 aliphatic carbocycles. The van der Waals surface area contributed by atoms with Crippen LogP contribution in [0.2, 0.25) is 0 Å². The van der Waals surface area contributed by atoms with E-state index >= 15 is 0 Å². The van der Waals surface area contributed by atoms with E-state index in [1.165, 1.54) is 35.4 Å². The maximum absolute atomic E-state index is 6.12. The van der Waals surface area contributed by atoms with E-state index in [1.54, 1.807) is 0 Å². The fraction of sp³-hybridized carbons (Fsp3) is 0.765. The molecular weight excluding hydrogens is 266 g/mol. The molecule has 3 atom stereocenters. The summed E-state index contributed by atoms with van der Waals surface area (Å²) in [6.07, 6.45) is 5.46. The molecule has 0 radical (unpaired) electrons. The summed E-state index contributed by atoms with van der Waals surface area (Å²) in [5.41, 5.74) is 0. The van der Waals surface area contributed by atoms with E-state index in [1.807, 2.05) is 11.3 Å². The number of nitrogens with one attached hydrogen (secondary N) is 1. The molecule has 1 heterocycles. The fourth-order valence-electron chi connectivity index (χ4n) is 2.83. The minimum Gasteiger partial charge on any atom is -0.373 e. The average Bonchev–Trinajstić information content (AvgIpc) is 2.88. The lowest BCUT2D eigenvalue weighted by molar-refractivity contribution is -0.00633. The van der Waals surface area contributed by atoms with E-state index in [-0.39, 0.29) is 0 Å². The second-order valence-corrected chi connectivity index (χ2v) is 7.50. The molecule has 0 amide bonds. The normalized spacial score (nSPS) is 26.9. The van der Waals surface area contributed by atoms with Gasteiger partial charge in [0.1, 0.15) is 0 Å². The molecular formula is C17H29NOS. The zero-order chi connectivity index (χ0) is 14.4. The number of thiophene rings is 1. The van der Waals surface area contributed by atoms with Crippen molar-refractivity contribution >= 4 is 11.3 Å². The lowest BCUT2D eigenvalue weighted by Gasteiger charge is -2.31. The zero-order valence-corrected chi connectivity index (χ0v) is 14.0. The van der Waals surface area contributed by atoms with Crippen molar-refractivity contribution in [3.63, 3.8) is 0 Å². The van der Waals surface area contributed by atoms with Crippen LogP contribution in [0.15, 0.2) is 12.1 Å². The Balaban J connectivity index is 1.71. The lowest BCUT2D eigenvalue weighted by atomic mass is 9.80. The molecule has 114 valence electrons. The van der Waals surface area contributed by atoms with E-state index in [4.69, 9.17) is 4.74 Å². The molecule has 0 bridgehead atoms. The smallest absolute Gasteiger partial charge is 0.0813 e. The molecule has 1 aliphatic rings. The van der Waals surface area contributed by atoms with Crippen molar-refractivity contribution in [1.29, 1.82) is 0 Å². The zero-order valence-electron chi connectivity index (χ0n) is 13.2. The molecule has 1 aromatic rings. The van der Waals surface area contributed by atoms with Crippen molar-refractivity contribution in [3.05, 3.63) is 21.9 Å². The molecule has 1 fully saturated rings. The number of rotatable bonds is 7. The molecule has 1 N–H and O–H groups in total. The minimum atomic E-state index is 0.477. The van der Waals surface area contributed by atoms with Crippen LogP contribution in [0.25, 0.3) is 0 Å². The van der Waals surface area contributed by atoms with Gasteiger partial charge in [-0.1, -0.05) is 20.8 Å². The number of ether oxygens (including phenoxy) is 1. The quantitative estimate of drug-likeness (QED) is 0.743. The van der Waals surface area contributed by atoms with Crippen molar-refractivity contribution in [2.24, 2.45) is 11.8 Å². The molecule has 1 saturated carbocycles. The lowest BCUT2D eigenvalue weighted by Crippen LogP contribution is -2.26. The third kappa shape index (κ3) is 4.87. The van der Waals surface area contributed by atoms with Crippen molar-refractivity contribution in [2.75, 3.05) is 6.54 Å². The van der Waals surface area contributed by atoms with Crippen molar-refractivity contribution in [2.45, 2.75) is 65.7 Å². The van der Waals surface area contributed by atoms with E-state index in [0.717, 1.165) is 31.5 Å². The van der Waals surface area contributed by atoms with Crippen LogP contribution < -0.4 is 5.32 Å². The molecule has 0 spiro atoms. The van der Waals surface area contributed by atoms with Gasteiger partial charge in [0.2, 0.25) is 0 Å². The van der Waals surface area contributed by atoms with Gasteiger partial charge in [-0.3, -0.25) is 0 Å². The molecule has 0 aromatic carbocycles. The summed E-state index contributed by atoms with van der Waals surface area (Å²) >= 11 is 1.89. The first kappa shape index (κ1) is 16.0. The third-order valence-corrected chi connectivity index (χ3v) is 5.51. The van der Waals surface area contributed by atoms with Gasteiger partial charge in [-0.05, 0) is 56.2 Å². The molecule has 3 unspecified atom stereocenters. The second kappa shape index (κ2) is 8.16. The Bertz CT molecular complexity index is 390. The highest BCUT2D eigenvalue weighted by molar-refractivity contribution is 7.11. The van der Waals surface area contributed by atoms with Gasteiger partial charge >= 0.3 is 0 Å². The van der Waals surface area contributed by atoms with E-state index in [0.29, 0.717) is 6.10 Å². The van der Waals surface area contributed by atoms with Crippen LogP contribution in [0.4, 0.5) is 0 Å². The summed E-state index contributed by atoms with van der Waals surface area (Å²) < 4.78 is 6.12. The molecule has 1 aromatic heterocycles. The molecule has 20 heavy (non-hydrogen) atoms. The summed E-state index contributed by atoms with van der Waals surface area (Å²) in [4.78, 5) is 2.78. The van der Waals surface area contributed by atoms with Crippen LogP contribution >= 0.6 is 11.3 Å². The van der Waals surface area contributed by atoms with E-state index < -0.39 is 0 Å². The largest absolute Gasteiger partial charge is 0.373 e. The Hall–Kier alpha value is -0.380. The Morgan fingerprint density at radius 2 is 2.00 bits per heavy atom. The summed E-state index contributed by atoms with van der Waals surface area (Å²) in [7, 11) is 0. The van der Waals surface area contributed by atoms with Crippen LogP contribution in [0, 0.1) is 11.8 Å². The highest BCUT2D eigenvalue weighted by Gasteiger charge is 2.24. The van der Waals surface area contributed by atoms with Gasteiger partial charge in [0, 0.05) is 16.3 Å². The Labute approximate surface area is 127 Å². The van der Waals surface area contributed by atoms with Crippen LogP contribution in [-0.2, 0) is 17.9 Å². The van der Waals surface area contributed by atoms with Gasteiger partial charge in [-0.2, -0.15) is 0 Å². The van der Waals surface area contributed by atoms with Crippen molar-refractivity contribution in [1.82, 2.24) is 5.32 Å². The van der Waals surface area contributed by atoms with Crippen LogP contribution in [0.1, 0.15) is 56.2 Å². The summed E-state index contributed by atoms with van der Waals surface area (Å²) in [5, 5.41) is 3.45. The van der Waals surface area contributed by atoms with Crippen LogP contribution in [0.5, 0.6) is 0 Å². The Morgan fingerprint density at radius 1 is 1.20 bits per heavy atom. The Kier molecular flexibility index (Phi) is 6.53. The van der Waals surface area contributed by atoms with Gasteiger partial charge in [-0.15, -0.1) is 11.3 Å². The minimum absolute atomic E-state index is 0.477. The van der Waals surface area contributed by atoms with Crippen LogP contribution in [-0.4, -0.2) is 12.6 Å². The fourth-order valence-corrected chi connectivity index (χ4v) is 3.74. The standard InChI is InChI=1S/C17H29NOS/c1-4-9-18-11-16-7-8-17(20-16)12-19-15-6-5-13(2)14(3)10-15/h7-8,13-15,18H,4-6,9-12H2,1-3H3. The second-order valence-electron chi connectivity index (χ2n) is 6.25. The first-order valence-electron chi connectivity index (χ1n) is 8.09. The SMILES string of the molecule is CCCNCc1ccc(COC2CCC(C)C(C)C2)s1. The van der Waals surface area contributed by atoms with Crippen LogP contribution in [0.3, 0.4) is 0 Å². The van der Waals surface area contributed by atoms with Gasteiger partial charge < -0.3 is 10.1 Å². The molecule has 0 saturated heterocycles. The van der Waals surface area contributed by atoms with Crippen molar-refractivity contribution in [3.8, 4) is 0 Å². The predicted molar refractivity (Wildman–Crippen MR) is 87.1 cm³/mol. The maximum atomic E-state index is 6.12. The first-order valence-corrected chi connectivity index (χ1v) is 8.90. The number of hydrogen-bond acceptors (Lipinski definition) is 3. The topological polar surface area (TPSA) is 21.3 Å². The maximum Gasteiger partial charge on any atom is 0.0813 e. The highest BCUT2D eigenvalue weighted by Crippen LogP contribution is 2.31. The summed E-state index contributed by atoms with van der Waals surface area (Å²) in [6, 6.07) is 4.46. The predicted octanol–water partition coefficient (Wildman–Crippen LogP) is 4.59. The van der Waals surface area contributed by atoms with E-state index in [9.17, 15) is 0 Å². The summed E-state index contributed by atoms with van der Waals surface area (Å²) in [5.74, 6) is 1.68. The van der Waals surface area contributed by atoms with Gasteiger partial charge in [-0.25, -0.2) is 0 Å². The molecule has 3 heteroatoms. The molecule has 2 rings (SSSR count). The molecule has 0 aliphatic heterocycles. The average molecular weight is 295 g/mol.